The standard InChI is InChI=1S/C79H67N4OPS/c1-46-12-24-53(25-13-46)80(54-26-14-47(2)15-27-54)59-36-38-61-63-44-69-76-73(71(63)78(8,9)65(61)42-59)84-74-72-64(62-39-37-60(43-66(62)79(72,10)11)81(55-28-16-48(3)17-29-55)56-30-18-49(4)19-31-56)45-70-77(74)85(76,86)75-67(82(69)57-32-20-50(5)21-33-57)40-52(7)41-68(75)83(70)58-34-22-51(6)23-35-58/h12-45H,1-11H3. The van der Waals surface area contributed by atoms with Crippen LogP contribution in [0.3, 0.4) is 0 Å². The number of hydrogen-bond donors (Lipinski definition) is 0. The van der Waals surface area contributed by atoms with Crippen LogP contribution in [0.1, 0.15) is 88.9 Å². The van der Waals surface area contributed by atoms with Crippen LogP contribution in [0, 0.1) is 48.5 Å². The van der Waals surface area contributed by atoms with Gasteiger partial charge in [0.1, 0.15) is 11.5 Å². The minimum absolute atomic E-state index is 0.512. The van der Waals surface area contributed by atoms with Crippen molar-refractivity contribution in [1.29, 1.82) is 0 Å². The second kappa shape index (κ2) is 18.5. The van der Waals surface area contributed by atoms with Gasteiger partial charge in [-0.25, -0.2) is 0 Å². The summed E-state index contributed by atoms with van der Waals surface area (Å²) < 4.78 is 8.33. The van der Waals surface area contributed by atoms with Crippen LogP contribution in [0.4, 0.5) is 68.2 Å². The molecule has 0 saturated carbocycles. The second-order valence-electron chi connectivity index (χ2n) is 25.9. The molecule has 86 heavy (non-hydrogen) atoms. The molecular formula is C79H67N4OPS. The summed E-state index contributed by atoms with van der Waals surface area (Å²) in [6, 6.07) is 74.9. The molecule has 0 atom stereocenters. The van der Waals surface area contributed by atoms with Crippen molar-refractivity contribution in [2.24, 2.45) is 0 Å². The zero-order chi connectivity index (χ0) is 59.0. The van der Waals surface area contributed by atoms with Gasteiger partial charge in [-0.2, -0.15) is 0 Å². The Morgan fingerprint density at radius 1 is 0.326 bits per heavy atom. The van der Waals surface area contributed by atoms with Gasteiger partial charge in [0.25, 0.3) is 0 Å². The van der Waals surface area contributed by atoms with Crippen molar-refractivity contribution < 1.29 is 4.74 Å². The Morgan fingerprint density at radius 2 is 0.616 bits per heavy atom. The number of anilines is 12. The van der Waals surface area contributed by atoms with Gasteiger partial charge in [-0.1, -0.05) is 158 Å². The van der Waals surface area contributed by atoms with Gasteiger partial charge in [0, 0.05) is 72.8 Å². The highest BCUT2D eigenvalue weighted by atomic mass is 32.4. The molecule has 0 N–H and O–H groups in total. The van der Waals surface area contributed by atoms with E-state index in [0.29, 0.717) is 0 Å². The van der Waals surface area contributed by atoms with Crippen molar-refractivity contribution in [3.8, 4) is 33.8 Å². The van der Waals surface area contributed by atoms with Gasteiger partial charge in [-0.3, -0.25) is 0 Å². The lowest BCUT2D eigenvalue weighted by molar-refractivity contribution is 0.455. The fourth-order valence-corrected chi connectivity index (χ4v) is 20.0. The molecular weight excluding hydrogens is 1080 g/mol. The zero-order valence-electron chi connectivity index (χ0n) is 50.7. The predicted octanol–water partition coefficient (Wildman–Crippen LogP) is 20.8. The molecule has 11 aromatic carbocycles. The molecule has 2 aliphatic carbocycles. The molecule has 0 saturated heterocycles. The van der Waals surface area contributed by atoms with E-state index in [9.17, 15) is 0 Å². The van der Waals surface area contributed by atoms with Gasteiger partial charge >= 0.3 is 0 Å². The van der Waals surface area contributed by atoms with Crippen LogP contribution in [0.2, 0.25) is 0 Å². The summed E-state index contributed by atoms with van der Waals surface area (Å²) in [5.41, 5.74) is 30.5. The summed E-state index contributed by atoms with van der Waals surface area (Å²) in [6.07, 6.45) is 0. The SMILES string of the molecule is Cc1ccc(N(c2ccc(C)cc2)c2ccc3c(c2)C(C)(C)c2c-3cc3c4c2Oc2c5c(cc6c2P4(=S)c2c(cc(C)cc2N6c2ccc(C)cc2)N3c2ccc(C)cc2)-c2ccc(N(c3ccc(C)cc3)c3ccc(C)cc3)cc2C5(C)C)cc1. The number of hydrogen-bond acceptors (Lipinski definition) is 6. The second-order valence-corrected chi connectivity index (χ2v) is 30.1. The highest BCUT2D eigenvalue weighted by molar-refractivity contribution is 8.26. The van der Waals surface area contributed by atoms with E-state index in [0.717, 1.165) is 90.4 Å². The molecule has 5 nitrogen and oxygen atoms in total. The first kappa shape index (κ1) is 52.6. The number of rotatable bonds is 8. The first-order valence-electron chi connectivity index (χ1n) is 30.2. The van der Waals surface area contributed by atoms with Crippen LogP contribution < -0.4 is 40.3 Å². The Morgan fingerprint density at radius 3 is 0.942 bits per heavy atom. The Hall–Kier alpha value is -8.93. The van der Waals surface area contributed by atoms with Crippen molar-refractivity contribution >= 4 is 102 Å². The quantitative estimate of drug-likeness (QED) is 0.140. The van der Waals surface area contributed by atoms with Crippen LogP contribution in [0.5, 0.6) is 11.5 Å². The number of nitrogens with zero attached hydrogens (tertiary/aromatic N) is 4. The van der Waals surface area contributed by atoms with Crippen molar-refractivity contribution in [2.75, 3.05) is 19.6 Å². The molecule has 0 bridgehead atoms. The fraction of sp³-hybridized carbons (Fsp3) is 0.165. The van der Waals surface area contributed by atoms with Crippen molar-refractivity contribution in [2.45, 2.75) is 87.0 Å². The van der Waals surface area contributed by atoms with Gasteiger partial charge in [0.15, 0.2) is 0 Å². The maximum absolute atomic E-state index is 8.33. The number of ether oxygens (including phenoxy) is 1. The van der Waals surface area contributed by atoms with E-state index in [4.69, 9.17) is 16.5 Å². The fourth-order valence-electron chi connectivity index (χ4n) is 14.9. The summed E-state index contributed by atoms with van der Waals surface area (Å²) >= 11 is 7.97. The number of aryl methyl sites for hydroxylation is 7. The van der Waals surface area contributed by atoms with Gasteiger partial charge in [-0.05, 0) is 209 Å². The van der Waals surface area contributed by atoms with Crippen molar-refractivity contribution in [3.63, 3.8) is 0 Å². The lowest BCUT2D eigenvalue weighted by Crippen LogP contribution is -2.46. The highest BCUT2D eigenvalue weighted by Crippen LogP contribution is 2.72. The third-order valence-corrected chi connectivity index (χ3v) is 24.1. The van der Waals surface area contributed by atoms with E-state index >= 15 is 0 Å². The largest absolute Gasteiger partial charge is 0.455 e. The van der Waals surface area contributed by atoms with Gasteiger partial charge in [0.05, 0.1) is 39.4 Å². The first-order chi connectivity index (χ1) is 41.4. The van der Waals surface area contributed by atoms with Crippen LogP contribution in [0.25, 0.3) is 22.3 Å². The minimum Gasteiger partial charge on any atom is -0.455 e. The molecule has 420 valence electrons. The van der Waals surface area contributed by atoms with Crippen LogP contribution in [0.15, 0.2) is 206 Å². The van der Waals surface area contributed by atoms with Gasteiger partial charge in [0.2, 0.25) is 0 Å². The number of fused-ring (bicyclic) bond motifs is 8. The Labute approximate surface area is 511 Å². The summed E-state index contributed by atoms with van der Waals surface area (Å²) in [6.45, 7) is 24.9. The molecule has 0 spiro atoms. The predicted molar refractivity (Wildman–Crippen MR) is 367 cm³/mol. The molecule has 0 aromatic heterocycles. The Bertz CT molecular complexity index is 4370. The monoisotopic (exact) mass is 1150 g/mol. The molecule has 3 heterocycles. The van der Waals surface area contributed by atoms with E-state index in [1.165, 1.54) is 88.8 Å². The number of benzene rings is 11. The average molecular weight is 1150 g/mol. The van der Waals surface area contributed by atoms with Crippen molar-refractivity contribution in [3.05, 3.63) is 267 Å². The van der Waals surface area contributed by atoms with Crippen LogP contribution in [-0.2, 0) is 22.6 Å². The molecule has 0 amide bonds. The Kier molecular flexibility index (Phi) is 11.3. The molecule has 5 aliphatic rings. The Balaban J connectivity index is 0.975. The lowest BCUT2D eigenvalue weighted by atomic mass is 9.80. The zero-order valence-corrected chi connectivity index (χ0v) is 52.4. The minimum atomic E-state index is -3.03. The molecule has 0 unspecified atom stereocenters. The maximum atomic E-state index is 8.33. The molecule has 0 fully saturated rings. The van der Waals surface area contributed by atoms with Crippen LogP contribution in [-0.4, -0.2) is 0 Å². The molecule has 7 heteroatoms. The summed E-state index contributed by atoms with van der Waals surface area (Å²) in [5.74, 6) is 1.83. The third-order valence-electron chi connectivity index (χ3n) is 19.2. The summed E-state index contributed by atoms with van der Waals surface area (Å²) in [7, 11) is 0. The van der Waals surface area contributed by atoms with Gasteiger partial charge in [-0.15, -0.1) is 0 Å². The highest BCUT2D eigenvalue weighted by Gasteiger charge is 2.56. The van der Waals surface area contributed by atoms with E-state index in [-0.39, 0.29) is 0 Å². The first-order valence-corrected chi connectivity index (χ1v) is 33.0. The smallest absolute Gasteiger partial charge is 0.143 e. The van der Waals surface area contributed by atoms with E-state index < -0.39 is 16.9 Å². The molecule has 3 aliphatic heterocycles. The lowest BCUT2D eigenvalue weighted by Gasteiger charge is -2.50. The molecule has 11 aromatic rings. The van der Waals surface area contributed by atoms with Crippen LogP contribution >= 0.6 is 6.04 Å². The molecule has 0 radical (unpaired) electrons. The molecule has 16 rings (SSSR count). The van der Waals surface area contributed by atoms with E-state index in [1.54, 1.807) is 0 Å². The maximum Gasteiger partial charge on any atom is 0.143 e. The topological polar surface area (TPSA) is 22.2 Å². The summed E-state index contributed by atoms with van der Waals surface area (Å²) in [4.78, 5) is 9.87. The van der Waals surface area contributed by atoms with Crippen molar-refractivity contribution in [1.82, 2.24) is 0 Å². The normalized spacial score (nSPS) is 15.1. The van der Waals surface area contributed by atoms with Gasteiger partial charge < -0.3 is 24.3 Å². The van der Waals surface area contributed by atoms with E-state index in [2.05, 4.69) is 302 Å². The van der Waals surface area contributed by atoms with E-state index in [1.807, 2.05) is 0 Å². The third kappa shape index (κ3) is 7.45. The summed E-state index contributed by atoms with van der Waals surface area (Å²) in [5, 5.41) is 3.51. The average Bonchev–Trinajstić information content (AvgIpc) is 1.08.